The van der Waals surface area contributed by atoms with Crippen LogP contribution in [0.2, 0.25) is 0 Å². The van der Waals surface area contributed by atoms with E-state index >= 15 is 0 Å². The van der Waals surface area contributed by atoms with Gasteiger partial charge in [0.2, 0.25) is 0 Å². The van der Waals surface area contributed by atoms with E-state index in [0.29, 0.717) is 0 Å². The highest BCUT2D eigenvalue weighted by Crippen LogP contribution is 2.51. The number of hydrogen-bond acceptors (Lipinski definition) is 4. The third-order valence-corrected chi connectivity index (χ3v) is 5.98. The summed E-state index contributed by atoms with van der Waals surface area (Å²) in [6.07, 6.45) is 0. The van der Waals surface area contributed by atoms with E-state index in [1.807, 2.05) is 35.3 Å². The lowest BCUT2D eigenvalue weighted by Crippen LogP contribution is -2.11. The van der Waals surface area contributed by atoms with Gasteiger partial charge in [-0.1, -0.05) is 62.3 Å². The molecule has 0 fully saturated rings. The van der Waals surface area contributed by atoms with Crippen LogP contribution in [0.5, 0.6) is 0 Å². The van der Waals surface area contributed by atoms with Crippen LogP contribution in [-0.4, -0.2) is 19.2 Å². The van der Waals surface area contributed by atoms with Gasteiger partial charge in [-0.2, -0.15) is 0 Å². The van der Waals surface area contributed by atoms with E-state index in [0.717, 1.165) is 5.82 Å². The molecule has 0 aliphatic rings. The molecule has 0 unspecified atom stereocenters. The SMILES string of the molecule is CC(C)(C)Sc1[nH]c(N)c(SC(C)(C)C)c1SC(C)(C)C. The molecule has 0 saturated heterocycles. The average molecular weight is 347 g/mol. The first kappa shape index (κ1) is 19.2. The van der Waals surface area contributed by atoms with Crippen molar-refractivity contribution in [2.45, 2.75) is 91.4 Å². The monoisotopic (exact) mass is 346 g/mol. The van der Waals surface area contributed by atoms with Crippen molar-refractivity contribution in [1.29, 1.82) is 0 Å². The molecule has 0 atom stereocenters. The quantitative estimate of drug-likeness (QED) is 0.633. The maximum Gasteiger partial charge on any atom is 0.116 e. The van der Waals surface area contributed by atoms with Gasteiger partial charge in [0.05, 0.1) is 14.8 Å². The Hall–Kier alpha value is 0.130. The zero-order chi connectivity index (χ0) is 16.6. The molecule has 1 heterocycles. The maximum absolute atomic E-state index is 6.28. The summed E-state index contributed by atoms with van der Waals surface area (Å²) in [7, 11) is 0. The number of thioether (sulfide) groups is 3. The summed E-state index contributed by atoms with van der Waals surface area (Å²) >= 11 is 5.61. The van der Waals surface area contributed by atoms with Crippen molar-refractivity contribution in [3.8, 4) is 0 Å². The summed E-state index contributed by atoms with van der Waals surface area (Å²) in [6, 6.07) is 0. The van der Waals surface area contributed by atoms with Crippen LogP contribution in [0.1, 0.15) is 62.3 Å². The summed E-state index contributed by atoms with van der Waals surface area (Å²) in [4.78, 5) is 5.92. The number of nitrogens with two attached hydrogens (primary N) is 1. The molecule has 1 aromatic heterocycles. The minimum absolute atomic E-state index is 0.146. The van der Waals surface area contributed by atoms with Crippen molar-refractivity contribution in [3.05, 3.63) is 0 Å². The van der Waals surface area contributed by atoms with Gasteiger partial charge in [-0.05, 0) is 0 Å². The van der Waals surface area contributed by atoms with Crippen LogP contribution < -0.4 is 5.73 Å². The van der Waals surface area contributed by atoms with Crippen molar-refractivity contribution in [2.75, 3.05) is 5.73 Å². The number of H-pyrrole nitrogens is 1. The van der Waals surface area contributed by atoms with E-state index in [-0.39, 0.29) is 14.2 Å². The molecule has 0 aliphatic carbocycles. The summed E-state index contributed by atoms with van der Waals surface area (Å²) in [5.41, 5.74) is 6.28. The van der Waals surface area contributed by atoms with E-state index in [1.54, 1.807) is 0 Å². The lowest BCUT2D eigenvalue weighted by molar-refractivity contribution is 0.787. The molecule has 0 saturated carbocycles. The molecule has 1 aromatic rings. The minimum atomic E-state index is 0.146. The number of aromatic nitrogens is 1. The number of nitrogen functional groups attached to an aromatic ring is 1. The molecule has 122 valence electrons. The average Bonchev–Trinajstić information content (AvgIpc) is 2.39. The summed E-state index contributed by atoms with van der Waals surface area (Å²) in [6.45, 7) is 20.1. The second-order valence-electron chi connectivity index (χ2n) is 8.17. The van der Waals surface area contributed by atoms with Crippen LogP contribution in [0, 0.1) is 0 Å². The Balaban J connectivity index is 3.29. The predicted octanol–water partition coefficient (Wildman–Crippen LogP) is 6.27. The lowest BCUT2D eigenvalue weighted by atomic mass is 10.3. The van der Waals surface area contributed by atoms with Crippen LogP contribution in [0.25, 0.3) is 0 Å². The fourth-order valence-corrected chi connectivity index (χ4v) is 5.11. The molecule has 0 bridgehead atoms. The standard InChI is InChI=1S/C16H30N2S3/c1-14(2,3)19-10-11(20-15(4,5)6)13(18-12(10)17)21-16(7,8)9/h18H,17H2,1-9H3. The third kappa shape index (κ3) is 6.83. The van der Waals surface area contributed by atoms with Crippen LogP contribution in [0.3, 0.4) is 0 Å². The Morgan fingerprint density at radius 1 is 0.667 bits per heavy atom. The highest BCUT2D eigenvalue weighted by molar-refractivity contribution is 8.05. The highest BCUT2D eigenvalue weighted by atomic mass is 32.2. The number of rotatable bonds is 3. The van der Waals surface area contributed by atoms with Crippen LogP contribution >= 0.6 is 35.3 Å². The van der Waals surface area contributed by atoms with E-state index in [9.17, 15) is 0 Å². The number of hydrogen-bond donors (Lipinski definition) is 2. The van der Waals surface area contributed by atoms with E-state index in [2.05, 4.69) is 67.3 Å². The molecular formula is C16H30N2S3. The van der Waals surface area contributed by atoms with Crippen LogP contribution in [-0.2, 0) is 0 Å². The van der Waals surface area contributed by atoms with Crippen LogP contribution in [0.4, 0.5) is 5.82 Å². The van der Waals surface area contributed by atoms with Gasteiger partial charge >= 0.3 is 0 Å². The fourth-order valence-electron chi connectivity index (χ4n) is 1.65. The van der Waals surface area contributed by atoms with Crippen molar-refractivity contribution in [2.24, 2.45) is 0 Å². The summed E-state index contributed by atoms with van der Waals surface area (Å²) in [5.74, 6) is 0.799. The number of anilines is 1. The maximum atomic E-state index is 6.28. The fraction of sp³-hybridized carbons (Fsp3) is 0.750. The molecule has 2 nitrogen and oxygen atoms in total. The third-order valence-electron chi connectivity index (χ3n) is 2.13. The molecule has 1 rings (SSSR count). The Labute approximate surface area is 143 Å². The predicted molar refractivity (Wildman–Crippen MR) is 102 cm³/mol. The first-order valence-electron chi connectivity index (χ1n) is 7.26. The molecule has 5 heteroatoms. The zero-order valence-electron chi connectivity index (χ0n) is 14.8. The largest absolute Gasteiger partial charge is 0.384 e. The van der Waals surface area contributed by atoms with E-state index in [1.165, 1.54) is 14.8 Å². The van der Waals surface area contributed by atoms with E-state index < -0.39 is 0 Å². The molecule has 0 aliphatic heterocycles. The van der Waals surface area contributed by atoms with Gasteiger partial charge < -0.3 is 10.7 Å². The van der Waals surface area contributed by atoms with Gasteiger partial charge in [0, 0.05) is 14.2 Å². The number of nitrogens with one attached hydrogen (secondary N) is 1. The molecule has 0 spiro atoms. The normalized spacial score (nSPS) is 13.8. The Morgan fingerprint density at radius 2 is 1.05 bits per heavy atom. The first-order chi connectivity index (χ1) is 9.18. The Kier molecular flexibility index (Phi) is 5.78. The summed E-state index contributed by atoms with van der Waals surface area (Å²) < 4.78 is 0.469. The minimum Gasteiger partial charge on any atom is -0.384 e. The van der Waals surface area contributed by atoms with Crippen LogP contribution in [0.15, 0.2) is 14.8 Å². The molecular weight excluding hydrogens is 316 g/mol. The Bertz CT molecular complexity index is 485. The highest BCUT2D eigenvalue weighted by Gasteiger charge is 2.28. The van der Waals surface area contributed by atoms with Crippen molar-refractivity contribution < 1.29 is 0 Å². The molecule has 21 heavy (non-hydrogen) atoms. The molecule has 0 radical (unpaired) electrons. The first-order valence-corrected chi connectivity index (χ1v) is 9.71. The smallest absolute Gasteiger partial charge is 0.116 e. The van der Waals surface area contributed by atoms with Gasteiger partial charge in [-0.3, -0.25) is 0 Å². The zero-order valence-corrected chi connectivity index (χ0v) is 17.3. The number of aromatic amines is 1. The van der Waals surface area contributed by atoms with Gasteiger partial charge in [-0.15, -0.1) is 35.3 Å². The van der Waals surface area contributed by atoms with Crippen molar-refractivity contribution in [1.82, 2.24) is 4.98 Å². The molecule has 0 amide bonds. The van der Waals surface area contributed by atoms with Gasteiger partial charge in [0.1, 0.15) is 5.82 Å². The van der Waals surface area contributed by atoms with Gasteiger partial charge in [-0.25, -0.2) is 0 Å². The second-order valence-corrected chi connectivity index (χ2v) is 13.7. The van der Waals surface area contributed by atoms with E-state index in [4.69, 9.17) is 5.73 Å². The topological polar surface area (TPSA) is 41.8 Å². The van der Waals surface area contributed by atoms with Crippen molar-refractivity contribution in [3.63, 3.8) is 0 Å². The van der Waals surface area contributed by atoms with Gasteiger partial charge in [0.25, 0.3) is 0 Å². The van der Waals surface area contributed by atoms with Gasteiger partial charge in [0.15, 0.2) is 0 Å². The molecule has 3 N–H and O–H groups in total. The lowest BCUT2D eigenvalue weighted by Gasteiger charge is -2.24. The second kappa shape index (κ2) is 6.32. The molecule has 0 aromatic carbocycles. The Morgan fingerprint density at radius 3 is 1.43 bits per heavy atom. The summed E-state index contributed by atoms with van der Waals surface area (Å²) in [5, 5.41) is 1.20. The van der Waals surface area contributed by atoms with Crippen molar-refractivity contribution >= 4 is 41.1 Å².